The Bertz CT molecular complexity index is 1190. The number of hydrogen-bond donors (Lipinski definition) is 4. The number of aliphatic carboxylic acids is 1. The van der Waals surface area contributed by atoms with Gasteiger partial charge in [0.05, 0.1) is 18.4 Å². The van der Waals surface area contributed by atoms with Gasteiger partial charge in [-0.25, -0.2) is 0 Å². The molecule has 0 bridgehead atoms. The molecule has 4 fully saturated rings. The van der Waals surface area contributed by atoms with E-state index in [9.17, 15) is 34.2 Å². The van der Waals surface area contributed by atoms with E-state index in [0.717, 1.165) is 31.3 Å². The van der Waals surface area contributed by atoms with Gasteiger partial charge in [0.25, 0.3) is 0 Å². The Morgan fingerprint density at radius 3 is 2.42 bits per heavy atom. The highest BCUT2D eigenvalue weighted by atomic mass is 16.5. The molecular weight excluding hydrogens is 554 g/mol. The first-order valence-corrected chi connectivity index (χ1v) is 16.1. The van der Waals surface area contributed by atoms with Crippen LogP contribution in [0, 0.1) is 40.4 Å². The predicted molar refractivity (Wildman–Crippen MR) is 154 cm³/mol. The van der Waals surface area contributed by atoms with Crippen LogP contribution >= 0.6 is 0 Å². The van der Waals surface area contributed by atoms with Crippen LogP contribution in [0.15, 0.2) is 11.6 Å². The lowest BCUT2D eigenvalue weighted by Gasteiger charge is -2.60. The highest BCUT2D eigenvalue weighted by Gasteiger charge is 2.68. The van der Waals surface area contributed by atoms with Crippen molar-refractivity contribution < 1.29 is 44.0 Å². The number of amides is 1. The third-order valence-corrected chi connectivity index (χ3v) is 12.2. The number of allylic oxidation sites excluding steroid dienone is 1. The molecule has 7 atom stereocenters. The van der Waals surface area contributed by atoms with Gasteiger partial charge >= 0.3 is 11.9 Å². The predicted octanol–water partition coefficient (Wildman–Crippen LogP) is 3.12. The summed E-state index contributed by atoms with van der Waals surface area (Å²) in [5.41, 5.74) is -1.71. The van der Waals surface area contributed by atoms with Crippen LogP contribution in [0.4, 0.5) is 0 Å². The van der Waals surface area contributed by atoms with Crippen LogP contribution in [-0.2, 0) is 28.7 Å². The van der Waals surface area contributed by atoms with E-state index in [1.807, 2.05) is 6.92 Å². The monoisotopic (exact) mass is 601 g/mol. The molecule has 0 heterocycles. The standard InChI is InChI=1S/C33H47NO9/c1-31-13-11-22(35)15-21(31)7-8-23-24-12-14-33(42,32(24,2)16-25(36)29(23)31)26(37)18-43-28(39)10-9-27(38)34-17-19-3-5-20(6-4-19)30(40)41/h15,19-20,23-25,29,36,42H,3-14,16-18H2,1-2H3,(H,34,38)(H,40,41)/t19?,20?,23-,24+,25+,29+,31+,32+,33+/m1/s1. The van der Waals surface area contributed by atoms with Gasteiger partial charge < -0.3 is 25.4 Å². The zero-order valence-corrected chi connectivity index (χ0v) is 25.4. The molecule has 238 valence electrons. The van der Waals surface area contributed by atoms with Gasteiger partial charge in [-0.05, 0) is 99.4 Å². The third-order valence-electron chi connectivity index (χ3n) is 12.2. The fourth-order valence-corrected chi connectivity index (χ4v) is 9.66. The number of aliphatic hydroxyl groups is 2. The molecule has 5 aliphatic carbocycles. The second kappa shape index (κ2) is 12.1. The molecule has 43 heavy (non-hydrogen) atoms. The number of esters is 1. The summed E-state index contributed by atoms with van der Waals surface area (Å²) < 4.78 is 5.23. The fraction of sp³-hybridized carbons (Fsp3) is 0.788. The zero-order chi connectivity index (χ0) is 31.2. The van der Waals surface area contributed by atoms with Gasteiger partial charge in [-0.3, -0.25) is 24.0 Å². The van der Waals surface area contributed by atoms with Crippen LogP contribution in [-0.4, -0.2) is 69.6 Å². The number of fused-ring (bicyclic) bond motifs is 5. The van der Waals surface area contributed by atoms with Crippen LogP contribution in [0.3, 0.4) is 0 Å². The van der Waals surface area contributed by atoms with E-state index in [-0.39, 0.29) is 72.4 Å². The molecule has 0 radical (unpaired) electrons. The Balaban J connectivity index is 1.11. The van der Waals surface area contributed by atoms with Crippen molar-refractivity contribution in [3.8, 4) is 0 Å². The average molecular weight is 602 g/mol. The summed E-state index contributed by atoms with van der Waals surface area (Å²) in [5, 5.41) is 35.3. The summed E-state index contributed by atoms with van der Waals surface area (Å²) in [6, 6.07) is 0. The van der Waals surface area contributed by atoms with Gasteiger partial charge in [0.15, 0.2) is 12.4 Å². The maximum atomic E-state index is 13.4. The summed E-state index contributed by atoms with van der Waals surface area (Å²) in [6.07, 6.45) is 7.39. The fourth-order valence-electron chi connectivity index (χ4n) is 9.66. The van der Waals surface area contributed by atoms with Crippen LogP contribution in [0.5, 0.6) is 0 Å². The van der Waals surface area contributed by atoms with Gasteiger partial charge in [-0.15, -0.1) is 0 Å². The zero-order valence-electron chi connectivity index (χ0n) is 25.4. The van der Waals surface area contributed by atoms with Gasteiger partial charge in [0.1, 0.15) is 5.60 Å². The summed E-state index contributed by atoms with van der Waals surface area (Å²) >= 11 is 0. The summed E-state index contributed by atoms with van der Waals surface area (Å²) in [7, 11) is 0. The molecule has 5 rings (SSSR count). The first kappa shape index (κ1) is 31.8. The minimum atomic E-state index is -1.72. The van der Waals surface area contributed by atoms with Gasteiger partial charge in [0, 0.05) is 24.8 Å². The lowest BCUT2D eigenvalue weighted by atomic mass is 9.45. The maximum Gasteiger partial charge on any atom is 0.306 e. The van der Waals surface area contributed by atoms with Gasteiger partial charge in [0.2, 0.25) is 11.7 Å². The molecule has 1 amide bonds. The van der Waals surface area contributed by atoms with E-state index in [4.69, 9.17) is 9.84 Å². The van der Waals surface area contributed by atoms with Crippen LogP contribution in [0.1, 0.15) is 97.3 Å². The molecule has 5 aliphatic rings. The van der Waals surface area contributed by atoms with Crippen molar-refractivity contribution >= 4 is 29.4 Å². The molecule has 0 aliphatic heterocycles. The first-order valence-electron chi connectivity index (χ1n) is 16.1. The Kier molecular flexibility index (Phi) is 8.93. The highest BCUT2D eigenvalue weighted by Crippen LogP contribution is 2.67. The van der Waals surface area contributed by atoms with E-state index in [0.29, 0.717) is 38.6 Å². The SMILES string of the molecule is C[C@]12CCC(=O)C=C1CC[C@H]1[C@H]2[C@@H](O)C[C@@]2(C)[C@H]1CC[C@]2(O)C(=O)COC(=O)CCC(=O)NCC1CCC(C(=O)O)CC1. The first-order chi connectivity index (χ1) is 20.3. The second-order valence-corrected chi connectivity index (χ2v) is 14.4. The van der Waals surface area contributed by atoms with E-state index in [1.165, 1.54) is 0 Å². The molecule has 4 N–H and O–H groups in total. The van der Waals surface area contributed by atoms with Crippen molar-refractivity contribution in [2.45, 2.75) is 109 Å². The topological polar surface area (TPSA) is 167 Å². The summed E-state index contributed by atoms with van der Waals surface area (Å²) in [5.74, 6) is -2.15. The number of ether oxygens (including phenoxy) is 1. The minimum absolute atomic E-state index is 0.0279. The molecule has 0 saturated heterocycles. The number of Topliss-reactive ketones (excluding diaryl/α,β-unsaturated/α-hetero) is 1. The molecule has 10 nitrogen and oxygen atoms in total. The smallest absolute Gasteiger partial charge is 0.306 e. The average Bonchev–Trinajstić information content (AvgIpc) is 3.24. The Morgan fingerprint density at radius 1 is 1.00 bits per heavy atom. The third kappa shape index (κ3) is 5.81. The number of aliphatic hydroxyl groups excluding tert-OH is 1. The van der Waals surface area contributed by atoms with Gasteiger partial charge in [-0.2, -0.15) is 0 Å². The summed E-state index contributed by atoms with van der Waals surface area (Å²) in [6.45, 7) is 3.91. The molecular formula is C33H47NO9. The minimum Gasteiger partial charge on any atom is -0.481 e. The number of carbonyl (C=O) groups is 5. The van der Waals surface area contributed by atoms with E-state index < -0.39 is 41.4 Å². The molecule has 0 aromatic carbocycles. The number of hydrogen-bond acceptors (Lipinski definition) is 8. The Labute approximate surface area is 253 Å². The highest BCUT2D eigenvalue weighted by molar-refractivity contribution is 5.92. The van der Waals surface area contributed by atoms with E-state index in [1.54, 1.807) is 6.08 Å². The van der Waals surface area contributed by atoms with Crippen molar-refractivity contribution in [3.05, 3.63) is 11.6 Å². The Morgan fingerprint density at radius 2 is 1.72 bits per heavy atom. The summed E-state index contributed by atoms with van der Waals surface area (Å²) in [4.78, 5) is 61.3. The number of carboxylic acid groups (broad SMARTS) is 1. The van der Waals surface area contributed by atoms with Crippen LogP contribution in [0.25, 0.3) is 0 Å². The normalized spacial score (nSPS) is 40.4. The number of carbonyl (C=O) groups excluding carboxylic acids is 4. The maximum absolute atomic E-state index is 13.4. The van der Waals surface area contributed by atoms with E-state index >= 15 is 0 Å². The number of rotatable bonds is 9. The Hall–Kier alpha value is -2.59. The molecule has 0 unspecified atom stereocenters. The molecule has 0 aromatic heterocycles. The lowest BCUT2D eigenvalue weighted by molar-refractivity contribution is -0.184. The largest absolute Gasteiger partial charge is 0.481 e. The number of nitrogens with one attached hydrogen (secondary N) is 1. The molecule has 0 aromatic rings. The van der Waals surface area contributed by atoms with Crippen molar-refractivity contribution in [2.75, 3.05) is 13.2 Å². The van der Waals surface area contributed by atoms with Crippen LogP contribution in [0.2, 0.25) is 0 Å². The van der Waals surface area contributed by atoms with Crippen molar-refractivity contribution in [1.82, 2.24) is 5.32 Å². The molecule has 0 spiro atoms. The van der Waals surface area contributed by atoms with E-state index in [2.05, 4.69) is 12.2 Å². The number of carboxylic acids is 1. The van der Waals surface area contributed by atoms with Crippen molar-refractivity contribution in [1.29, 1.82) is 0 Å². The second-order valence-electron chi connectivity index (χ2n) is 14.4. The van der Waals surface area contributed by atoms with Crippen molar-refractivity contribution in [3.63, 3.8) is 0 Å². The lowest BCUT2D eigenvalue weighted by Crippen LogP contribution is -2.62. The van der Waals surface area contributed by atoms with Crippen LogP contribution < -0.4 is 5.32 Å². The quantitative estimate of drug-likeness (QED) is 0.290. The molecule has 10 heteroatoms. The number of ketones is 2. The molecule has 4 saturated carbocycles. The van der Waals surface area contributed by atoms with Crippen molar-refractivity contribution in [2.24, 2.45) is 40.4 Å². The van der Waals surface area contributed by atoms with Gasteiger partial charge in [-0.1, -0.05) is 19.4 Å².